The van der Waals surface area contributed by atoms with Gasteiger partial charge < -0.3 is 4.42 Å². The number of furan rings is 1. The van der Waals surface area contributed by atoms with Crippen LogP contribution in [0.1, 0.15) is 0 Å². The van der Waals surface area contributed by atoms with E-state index in [0.29, 0.717) is 11.5 Å². The molecule has 0 fully saturated rings. The molecule has 51 heavy (non-hydrogen) atoms. The molecule has 12 aromatic rings. The van der Waals surface area contributed by atoms with Crippen LogP contribution in [0.4, 0.5) is 0 Å². The van der Waals surface area contributed by atoms with Gasteiger partial charge in [0, 0.05) is 47.3 Å². The third kappa shape index (κ3) is 3.68. The molecule has 4 aromatic heterocycles. The second-order valence-corrected chi connectivity index (χ2v) is 14.3. The molecular weight excluding hydrogens is 643 g/mol. The van der Waals surface area contributed by atoms with Crippen molar-refractivity contribution in [3.05, 3.63) is 152 Å². The summed E-state index contributed by atoms with van der Waals surface area (Å²) in [6, 6.07) is 54.0. The Morgan fingerprint density at radius 1 is 0.510 bits per heavy atom. The molecule has 0 aliphatic heterocycles. The van der Waals surface area contributed by atoms with Crippen molar-refractivity contribution in [1.29, 1.82) is 0 Å². The van der Waals surface area contributed by atoms with Crippen molar-refractivity contribution in [3.8, 4) is 17.2 Å². The fraction of sp³-hybridized carbons (Fsp3) is 0. The SMILES string of the molecule is c1ccc2c(c1)ccc1cc(-c3nc(-n4c5ccccc5c5c6ccccc6c6sc7ccccc7c6c54)nc4c3oc3ccccc34)ccc12. The van der Waals surface area contributed by atoms with Crippen molar-refractivity contribution >= 4 is 108 Å². The van der Waals surface area contributed by atoms with Crippen molar-refractivity contribution in [2.75, 3.05) is 0 Å². The lowest BCUT2D eigenvalue weighted by molar-refractivity contribution is 0.666. The molecule has 0 N–H and O–H groups in total. The Hall–Kier alpha value is -6.56. The summed E-state index contributed by atoms with van der Waals surface area (Å²) in [4.78, 5) is 10.9. The van der Waals surface area contributed by atoms with Gasteiger partial charge in [-0.3, -0.25) is 4.57 Å². The van der Waals surface area contributed by atoms with Crippen LogP contribution in [0.25, 0.3) is 114 Å². The molecule has 236 valence electrons. The Kier molecular flexibility index (Phi) is 5.35. The summed E-state index contributed by atoms with van der Waals surface area (Å²) in [6.45, 7) is 0. The largest absolute Gasteiger partial charge is 0.452 e. The van der Waals surface area contributed by atoms with Crippen LogP contribution in [0.15, 0.2) is 156 Å². The van der Waals surface area contributed by atoms with E-state index in [9.17, 15) is 0 Å². The highest BCUT2D eigenvalue weighted by molar-refractivity contribution is 7.27. The Balaban J connectivity index is 1.26. The number of thiophene rings is 1. The summed E-state index contributed by atoms with van der Waals surface area (Å²) >= 11 is 1.86. The highest BCUT2D eigenvalue weighted by Gasteiger charge is 2.25. The maximum atomic E-state index is 6.61. The predicted molar refractivity (Wildman–Crippen MR) is 214 cm³/mol. The predicted octanol–water partition coefficient (Wildman–Crippen LogP) is 13.0. The van der Waals surface area contributed by atoms with Gasteiger partial charge in [0.25, 0.3) is 0 Å². The third-order valence-electron chi connectivity index (χ3n) is 10.6. The van der Waals surface area contributed by atoms with Gasteiger partial charge in [-0.1, -0.05) is 121 Å². The summed E-state index contributed by atoms with van der Waals surface area (Å²) in [5.41, 5.74) is 6.27. The van der Waals surface area contributed by atoms with E-state index < -0.39 is 0 Å². The standard InChI is InChI=1S/C46H25N3OS/c1-2-12-29-26(11-1)21-22-27-25-28(23-24-30(27)29)41-44-42(34-16-6-9-19-37(34)50-44)48-46(47-41)49-36-18-8-5-15-33(36)39-31-13-3-4-14-32(31)45-40(43(39)49)35-17-7-10-20-38(35)51-45/h1-25H. The maximum Gasteiger partial charge on any atom is 0.236 e. The number of aromatic nitrogens is 3. The van der Waals surface area contributed by atoms with E-state index in [1.807, 2.05) is 29.5 Å². The summed E-state index contributed by atoms with van der Waals surface area (Å²) < 4.78 is 11.5. The Labute approximate surface area is 294 Å². The first-order valence-electron chi connectivity index (χ1n) is 17.2. The van der Waals surface area contributed by atoms with Gasteiger partial charge in [-0.05, 0) is 57.3 Å². The van der Waals surface area contributed by atoms with Crippen LogP contribution in [0.3, 0.4) is 0 Å². The lowest BCUT2D eigenvalue weighted by Gasteiger charge is -2.12. The maximum absolute atomic E-state index is 6.61. The van der Waals surface area contributed by atoms with Gasteiger partial charge >= 0.3 is 0 Å². The van der Waals surface area contributed by atoms with E-state index in [4.69, 9.17) is 14.4 Å². The number of hydrogen-bond donors (Lipinski definition) is 0. The first-order valence-corrected chi connectivity index (χ1v) is 18.0. The van der Waals surface area contributed by atoms with Gasteiger partial charge in [0.2, 0.25) is 5.95 Å². The molecule has 0 unspecified atom stereocenters. The summed E-state index contributed by atoms with van der Waals surface area (Å²) in [7, 11) is 0. The fourth-order valence-electron chi connectivity index (χ4n) is 8.36. The minimum atomic E-state index is 0.626. The Morgan fingerprint density at radius 2 is 1.20 bits per heavy atom. The molecule has 0 spiro atoms. The van der Waals surface area contributed by atoms with E-state index in [1.54, 1.807) is 0 Å². The van der Waals surface area contributed by atoms with Gasteiger partial charge in [0.15, 0.2) is 5.58 Å². The minimum Gasteiger partial charge on any atom is -0.452 e. The smallest absolute Gasteiger partial charge is 0.236 e. The van der Waals surface area contributed by atoms with Crippen LogP contribution in [-0.2, 0) is 0 Å². The lowest BCUT2D eigenvalue weighted by atomic mass is 9.99. The zero-order valence-electron chi connectivity index (χ0n) is 27.1. The topological polar surface area (TPSA) is 43.9 Å². The van der Waals surface area contributed by atoms with Crippen LogP contribution in [-0.4, -0.2) is 14.5 Å². The molecular formula is C46H25N3OS. The van der Waals surface area contributed by atoms with E-state index in [2.05, 4.69) is 138 Å². The second-order valence-electron chi connectivity index (χ2n) is 13.3. The van der Waals surface area contributed by atoms with E-state index in [-0.39, 0.29) is 0 Å². The first kappa shape index (κ1) is 27.3. The summed E-state index contributed by atoms with van der Waals surface area (Å²) in [5, 5.41) is 13.2. The zero-order valence-corrected chi connectivity index (χ0v) is 27.9. The van der Waals surface area contributed by atoms with Gasteiger partial charge in [0.05, 0.1) is 11.0 Å². The van der Waals surface area contributed by atoms with E-state index >= 15 is 0 Å². The van der Waals surface area contributed by atoms with Crippen LogP contribution in [0.2, 0.25) is 0 Å². The molecule has 0 saturated carbocycles. The van der Waals surface area contributed by atoms with Crippen molar-refractivity contribution in [3.63, 3.8) is 0 Å². The van der Waals surface area contributed by atoms with Crippen molar-refractivity contribution in [1.82, 2.24) is 14.5 Å². The number of para-hydroxylation sites is 2. The highest BCUT2D eigenvalue weighted by atomic mass is 32.1. The molecule has 0 radical (unpaired) electrons. The highest BCUT2D eigenvalue weighted by Crippen LogP contribution is 2.48. The Morgan fingerprint density at radius 3 is 2.10 bits per heavy atom. The average molecular weight is 668 g/mol. The van der Waals surface area contributed by atoms with Gasteiger partial charge in [0.1, 0.15) is 16.8 Å². The molecule has 0 aliphatic carbocycles. The molecule has 0 bridgehead atoms. The van der Waals surface area contributed by atoms with E-state index in [1.165, 1.54) is 57.9 Å². The molecule has 0 saturated heterocycles. The van der Waals surface area contributed by atoms with Gasteiger partial charge in [-0.2, -0.15) is 0 Å². The van der Waals surface area contributed by atoms with Crippen LogP contribution in [0, 0.1) is 0 Å². The molecule has 4 heterocycles. The van der Waals surface area contributed by atoms with Crippen LogP contribution < -0.4 is 0 Å². The van der Waals surface area contributed by atoms with E-state index in [0.717, 1.165) is 44.2 Å². The number of hydrogen-bond acceptors (Lipinski definition) is 4. The molecule has 0 aliphatic rings. The second kappa shape index (κ2) is 10.0. The molecule has 5 heteroatoms. The Bertz CT molecular complexity index is 3440. The third-order valence-corrected chi connectivity index (χ3v) is 11.8. The van der Waals surface area contributed by atoms with Crippen LogP contribution in [0.5, 0.6) is 0 Å². The van der Waals surface area contributed by atoms with Crippen molar-refractivity contribution in [2.45, 2.75) is 0 Å². The zero-order chi connectivity index (χ0) is 33.2. The van der Waals surface area contributed by atoms with Gasteiger partial charge in [-0.25, -0.2) is 9.97 Å². The average Bonchev–Trinajstić information content (AvgIpc) is 3.87. The summed E-state index contributed by atoms with van der Waals surface area (Å²) in [6.07, 6.45) is 0. The van der Waals surface area contributed by atoms with Gasteiger partial charge in [-0.15, -0.1) is 11.3 Å². The minimum absolute atomic E-state index is 0.626. The monoisotopic (exact) mass is 667 g/mol. The molecule has 0 atom stereocenters. The molecule has 8 aromatic carbocycles. The normalized spacial score (nSPS) is 12.3. The summed E-state index contributed by atoms with van der Waals surface area (Å²) in [5.74, 6) is 0.626. The quantitative estimate of drug-likeness (QED) is 0.172. The fourth-order valence-corrected chi connectivity index (χ4v) is 9.60. The molecule has 4 nitrogen and oxygen atoms in total. The van der Waals surface area contributed by atoms with Crippen LogP contribution >= 0.6 is 11.3 Å². The number of rotatable bonds is 2. The lowest BCUT2D eigenvalue weighted by Crippen LogP contribution is -2.03. The number of benzene rings is 8. The number of fused-ring (bicyclic) bond motifs is 16. The molecule has 0 amide bonds. The van der Waals surface area contributed by atoms with Crippen molar-refractivity contribution in [2.24, 2.45) is 0 Å². The van der Waals surface area contributed by atoms with Crippen molar-refractivity contribution < 1.29 is 4.42 Å². The number of nitrogens with zero attached hydrogens (tertiary/aromatic N) is 3. The molecule has 12 rings (SSSR count). The first-order chi connectivity index (χ1) is 25.3.